The van der Waals surface area contributed by atoms with Gasteiger partial charge in [-0.05, 0) is 44.9 Å². The summed E-state index contributed by atoms with van der Waals surface area (Å²) in [7, 11) is 0. The summed E-state index contributed by atoms with van der Waals surface area (Å²) in [6, 6.07) is 5.53. The van der Waals surface area contributed by atoms with Gasteiger partial charge in [-0.25, -0.2) is 0 Å². The molecular weight excluding hydrogens is 252 g/mol. The molecule has 1 atom stereocenters. The fourth-order valence-electron chi connectivity index (χ4n) is 2.70. The first-order valence-electron chi connectivity index (χ1n) is 7.44. The molecule has 20 heavy (non-hydrogen) atoms. The molecule has 2 N–H and O–H groups in total. The Morgan fingerprint density at radius 1 is 1.50 bits per heavy atom. The minimum atomic E-state index is 0.0291. The molecule has 0 radical (unpaired) electrons. The molecule has 2 rings (SSSR count). The molecule has 1 aromatic carbocycles. The number of hydrogen-bond acceptors (Lipinski definition) is 3. The maximum absolute atomic E-state index is 12.6. The summed E-state index contributed by atoms with van der Waals surface area (Å²) in [5.74, 6) is 0.218. The van der Waals surface area contributed by atoms with Crippen LogP contribution in [0.1, 0.15) is 42.1 Å². The Labute approximate surface area is 120 Å². The second kappa shape index (κ2) is 6.75. The second-order valence-electron chi connectivity index (χ2n) is 5.49. The van der Waals surface area contributed by atoms with Gasteiger partial charge in [0.1, 0.15) is 5.75 Å². The van der Waals surface area contributed by atoms with Crippen molar-refractivity contribution in [2.75, 3.05) is 19.6 Å². The standard InChI is InChI=1S/C16H24N2O2/c1-3-9-17-13-6-5-10-18(11-13)16(20)14-7-4-8-15(19)12(14)2/h4,7-8,13,17,19H,3,5-6,9-11H2,1-2H3. The third kappa shape index (κ3) is 3.31. The second-order valence-corrected chi connectivity index (χ2v) is 5.49. The van der Waals surface area contributed by atoms with Crippen LogP contribution in [0.2, 0.25) is 0 Å². The van der Waals surface area contributed by atoms with E-state index in [4.69, 9.17) is 0 Å². The fourth-order valence-corrected chi connectivity index (χ4v) is 2.70. The van der Waals surface area contributed by atoms with Crippen LogP contribution in [0.3, 0.4) is 0 Å². The average molecular weight is 276 g/mol. The van der Waals surface area contributed by atoms with E-state index in [-0.39, 0.29) is 11.7 Å². The van der Waals surface area contributed by atoms with Gasteiger partial charge >= 0.3 is 0 Å². The van der Waals surface area contributed by atoms with E-state index in [1.165, 1.54) is 0 Å². The number of piperidine rings is 1. The quantitative estimate of drug-likeness (QED) is 0.887. The van der Waals surface area contributed by atoms with Gasteiger partial charge in [0.15, 0.2) is 0 Å². The highest BCUT2D eigenvalue weighted by Gasteiger charge is 2.25. The molecule has 0 aliphatic carbocycles. The number of likely N-dealkylation sites (tertiary alicyclic amines) is 1. The van der Waals surface area contributed by atoms with Crippen molar-refractivity contribution in [1.29, 1.82) is 0 Å². The van der Waals surface area contributed by atoms with Crippen molar-refractivity contribution >= 4 is 5.91 Å². The zero-order valence-electron chi connectivity index (χ0n) is 12.4. The summed E-state index contributed by atoms with van der Waals surface area (Å²) in [5, 5.41) is 13.2. The molecule has 1 aliphatic rings. The van der Waals surface area contributed by atoms with Crippen LogP contribution >= 0.6 is 0 Å². The Morgan fingerprint density at radius 3 is 3.05 bits per heavy atom. The number of aromatic hydroxyl groups is 1. The van der Waals surface area contributed by atoms with E-state index in [0.717, 1.165) is 38.9 Å². The molecule has 1 saturated heterocycles. The number of carbonyl (C=O) groups is 1. The molecule has 1 aliphatic heterocycles. The van der Waals surface area contributed by atoms with Crippen molar-refractivity contribution in [1.82, 2.24) is 10.2 Å². The first-order valence-corrected chi connectivity index (χ1v) is 7.44. The van der Waals surface area contributed by atoms with Crippen molar-refractivity contribution in [3.8, 4) is 5.75 Å². The number of phenolic OH excluding ortho intramolecular Hbond substituents is 1. The van der Waals surface area contributed by atoms with Crippen LogP contribution in [0, 0.1) is 6.92 Å². The first-order chi connectivity index (χ1) is 9.63. The van der Waals surface area contributed by atoms with Crippen molar-refractivity contribution in [2.24, 2.45) is 0 Å². The number of carbonyl (C=O) groups excluding carboxylic acids is 1. The number of amides is 1. The lowest BCUT2D eigenvalue weighted by Gasteiger charge is -2.33. The molecule has 110 valence electrons. The molecule has 1 unspecified atom stereocenters. The summed E-state index contributed by atoms with van der Waals surface area (Å²) in [6.07, 6.45) is 3.27. The van der Waals surface area contributed by atoms with E-state index in [1.807, 2.05) is 4.90 Å². The van der Waals surface area contributed by atoms with E-state index in [2.05, 4.69) is 12.2 Å². The molecule has 0 saturated carbocycles. The molecule has 1 heterocycles. The lowest BCUT2D eigenvalue weighted by molar-refractivity contribution is 0.0694. The van der Waals surface area contributed by atoms with Gasteiger partial charge in [-0.2, -0.15) is 0 Å². The first kappa shape index (κ1) is 14.9. The number of hydrogen-bond donors (Lipinski definition) is 2. The molecule has 0 bridgehead atoms. The van der Waals surface area contributed by atoms with Crippen molar-refractivity contribution in [2.45, 2.75) is 39.2 Å². The smallest absolute Gasteiger partial charge is 0.254 e. The van der Waals surface area contributed by atoms with Gasteiger partial charge in [-0.1, -0.05) is 13.0 Å². The number of nitrogens with one attached hydrogen (secondary N) is 1. The van der Waals surface area contributed by atoms with Gasteiger partial charge < -0.3 is 15.3 Å². The predicted octanol–water partition coefficient (Wildman–Crippen LogP) is 2.30. The number of phenols is 1. The van der Waals surface area contributed by atoms with Crippen LogP contribution in [-0.4, -0.2) is 41.6 Å². The SMILES string of the molecule is CCCNC1CCCN(C(=O)c2cccc(O)c2C)C1. The minimum Gasteiger partial charge on any atom is -0.508 e. The van der Waals surface area contributed by atoms with Crippen LogP contribution in [0.15, 0.2) is 18.2 Å². The Kier molecular flexibility index (Phi) is 5.01. The Morgan fingerprint density at radius 2 is 2.30 bits per heavy atom. The maximum Gasteiger partial charge on any atom is 0.254 e. The fraction of sp³-hybridized carbons (Fsp3) is 0.562. The van der Waals surface area contributed by atoms with Gasteiger partial charge in [-0.15, -0.1) is 0 Å². The van der Waals surface area contributed by atoms with Gasteiger partial charge in [0.2, 0.25) is 0 Å². The monoisotopic (exact) mass is 276 g/mol. The largest absolute Gasteiger partial charge is 0.508 e. The number of benzene rings is 1. The van der Waals surface area contributed by atoms with Crippen LogP contribution < -0.4 is 5.32 Å². The Balaban J connectivity index is 2.06. The van der Waals surface area contributed by atoms with Crippen molar-refractivity contribution < 1.29 is 9.90 Å². The van der Waals surface area contributed by atoms with Gasteiger partial charge in [0, 0.05) is 30.3 Å². The topological polar surface area (TPSA) is 52.6 Å². The Bertz CT molecular complexity index is 474. The predicted molar refractivity (Wildman–Crippen MR) is 80.1 cm³/mol. The van der Waals surface area contributed by atoms with E-state index in [1.54, 1.807) is 25.1 Å². The molecule has 0 spiro atoms. The Hall–Kier alpha value is -1.55. The van der Waals surface area contributed by atoms with Crippen LogP contribution in [0.4, 0.5) is 0 Å². The van der Waals surface area contributed by atoms with Gasteiger partial charge in [0.25, 0.3) is 5.91 Å². The molecule has 1 amide bonds. The van der Waals surface area contributed by atoms with Crippen LogP contribution in [0.5, 0.6) is 5.75 Å². The van der Waals surface area contributed by atoms with E-state index < -0.39 is 0 Å². The van der Waals surface area contributed by atoms with E-state index >= 15 is 0 Å². The lowest BCUT2D eigenvalue weighted by atomic mass is 10.0. The van der Waals surface area contributed by atoms with Gasteiger partial charge in [0.05, 0.1) is 0 Å². The normalized spacial score (nSPS) is 19.1. The average Bonchev–Trinajstić information content (AvgIpc) is 2.47. The lowest BCUT2D eigenvalue weighted by Crippen LogP contribution is -2.48. The summed E-state index contributed by atoms with van der Waals surface area (Å²) in [6.45, 7) is 6.50. The molecule has 4 heteroatoms. The maximum atomic E-state index is 12.6. The van der Waals surface area contributed by atoms with Crippen LogP contribution in [-0.2, 0) is 0 Å². The summed E-state index contributed by atoms with van der Waals surface area (Å²) in [5.41, 5.74) is 1.28. The summed E-state index contributed by atoms with van der Waals surface area (Å²) >= 11 is 0. The zero-order chi connectivity index (χ0) is 14.5. The van der Waals surface area contributed by atoms with Crippen molar-refractivity contribution in [3.05, 3.63) is 29.3 Å². The van der Waals surface area contributed by atoms with E-state index in [9.17, 15) is 9.90 Å². The number of rotatable bonds is 4. The molecule has 1 aromatic rings. The van der Waals surface area contributed by atoms with Gasteiger partial charge in [-0.3, -0.25) is 4.79 Å². The highest BCUT2D eigenvalue weighted by atomic mass is 16.3. The number of nitrogens with zero attached hydrogens (tertiary/aromatic N) is 1. The molecule has 4 nitrogen and oxygen atoms in total. The summed E-state index contributed by atoms with van der Waals surface area (Å²) in [4.78, 5) is 14.5. The van der Waals surface area contributed by atoms with Crippen molar-refractivity contribution in [3.63, 3.8) is 0 Å². The third-order valence-corrected chi connectivity index (χ3v) is 3.93. The molecular formula is C16H24N2O2. The molecule has 0 aromatic heterocycles. The minimum absolute atomic E-state index is 0.0291. The van der Waals surface area contributed by atoms with Crippen LogP contribution in [0.25, 0.3) is 0 Å². The highest BCUT2D eigenvalue weighted by molar-refractivity contribution is 5.96. The van der Waals surface area contributed by atoms with E-state index in [0.29, 0.717) is 17.2 Å². The zero-order valence-corrected chi connectivity index (χ0v) is 12.4. The summed E-state index contributed by atoms with van der Waals surface area (Å²) < 4.78 is 0. The highest BCUT2D eigenvalue weighted by Crippen LogP contribution is 2.22. The third-order valence-electron chi connectivity index (χ3n) is 3.93. The molecule has 1 fully saturated rings.